The highest BCUT2D eigenvalue weighted by atomic mass is 16.2. The van der Waals surface area contributed by atoms with Gasteiger partial charge in [0.2, 0.25) is 5.91 Å². The predicted molar refractivity (Wildman–Crippen MR) is 105 cm³/mol. The van der Waals surface area contributed by atoms with Crippen LogP contribution in [0.3, 0.4) is 0 Å². The summed E-state index contributed by atoms with van der Waals surface area (Å²) < 4.78 is 0. The van der Waals surface area contributed by atoms with Crippen molar-refractivity contribution in [3.63, 3.8) is 0 Å². The molecule has 0 radical (unpaired) electrons. The molecule has 1 heterocycles. The zero-order valence-electron chi connectivity index (χ0n) is 16.1. The molecule has 0 saturated heterocycles. The van der Waals surface area contributed by atoms with E-state index in [0.29, 0.717) is 11.8 Å². The van der Waals surface area contributed by atoms with Crippen LogP contribution in [-0.4, -0.2) is 18.0 Å². The van der Waals surface area contributed by atoms with Crippen molar-refractivity contribution >= 4 is 11.6 Å². The number of anilines is 1. The van der Waals surface area contributed by atoms with E-state index in [1.54, 1.807) is 0 Å². The lowest BCUT2D eigenvalue weighted by atomic mass is 9.88. The van der Waals surface area contributed by atoms with E-state index in [2.05, 4.69) is 43.9 Å². The van der Waals surface area contributed by atoms with Crippen molar-refractivity contribution in [1.29, 1.82) is 0 Å². The molecule has 1 aromatic rings. The predicted octanol–water partition coefficient (Wildman–Crippen LogP) is 4.46. The molecule has 2 aliphatic rings. The molecule has 3 nitrogen and oxygen atoms in total. The molecule has 1 aliphatic heterocycles. The molecule has 0 spiro atoms. The molecule has 1 amide bonds. The van der Waals surface area contributed by atoms with Crippen molar-refractivity contribution in [2.24, 2.45) is 17.6 Å². The quantitative estimate of drug-likeness (QED) is 0.858. The minimum absolute atomic E-state index is 0.219. The summed E-state index contributed by atoms with van der Waals surface area (Å²) >= 11 is 0. The average molecular weight is 343 g/mol. The zero-order chi connectivity index (χ0) is 18.0. The Balaban J connectivity index is 1.73. The fourth-order valence-corrected chi connectivity index (χ4v) is 4.69. The van der Waals surface area contributed by atoms with Gasteiger partial charge in [0, 0.05) is 23.7 Å². The van der Waals surface area contributed by atoms with Gasteiger partial charge in [-0.2, -0.15) is 0 Å². The van der Waals surface area contributed by atoms with E-state index >= 15 is 0 Å². The monoisotopic (exact) mass is 342 g/mol. The van der Waals surface area contributed by atoms with E-state index in [4.69, 9.17) is 5.73 Å². The third-order valence-electron chi connectivity index (χ3n) is 5.82. The van der Waals surface area contributed by atoms with Crippen LogP contribution < -0.4 is 10.6 Å². The molecule has 0 bridgehead atoms. The van der Waals surface area contributed by atoms with E-state index in [9.17, 15) is 4.79 Å². The number of amides is 1. The maximum Gasteiger partial charge on any atom is 0.230 e. The van der Waals surface area contributed by atoms with Gasteiger partial charge in [-0.15, -0.1) is 0 Å². The van der Waals surface area contributed by atoms with Gasteiger partial charge in [-0.25, -0.2) is 0 Å². The fourth-order valence-electron chi connectivity index (χ4n) is 4.69. The Labute approximate surface area is 153 Å². The molecular formula is C22H34N2O. The summed E-state index contributed by atoms with van der Waals surface area (Å²) in [6, 6.07) is 7.14. The summed E-state index contributed by atoms with van der Waals surface area (Å²) in [5.41, 5.74) is 10.1. The molecule has 138 valence electrons. The van der Waals surface area contributed by atoms with E-state index < -0.39 is 0 Å². The molecule has 1 aromatic carbocycles. The van der Waals surface area contributed by atoms with E-state index in [-0.39, 0.29) is 18.0 Å². The van der Waals surface area contributed by atoms with Gasteiger partial charge in [0.25, 0.3) is 0 Å². The first kappa shape index (κ1) is 18.4. The van der Waals surface area contributed by atoms with Crippen LogP contribution in [0.2, 0.25) is 0 Å². The van der Waals surface area contributed by atoms with Crippen molar-refractivity contribution < 1.29 is 4.79 Å². The first-order chi connectivity index (χ1) is 12.0. The van der Waals surface area contributed by atoms with E-state index in [1.165, 1.54) is 30.4 Å². The van der Waals surface area contributed by atoms with E-state index in [1.807, 2.05) is 0 Å². The highest BCUT2D eigenvalue weighted by Crippen LogP contribution is 2.36. The van der Waals surface area contributed by atoms with Crippen LogP contribution >= 0.6 is 0 Å². The number of fused-ring (bicyclic) bond motifs is 1. The molecule has 3 rings (SSSR count). The van der Waals surface area contributed by atoms with Gasteiger partial charge in [0.15, 0.2) is 0 Å². The average Bonchev–Trinajstić information content (AvgIpc) is 2.89. The van der Waals surface area contributed by atoms with Crippen molar-refractivity contribution in [2.45, 2.75) is 84.2 Å². The molecule has 1 saturated carbocycles. The van der Waals surface area contributed by atoms with Gasteiger partial charge in [0.1, 0.15) is 0 Å². The van der Waals surface area contributed by atoms with Crippen LogP contribution in [0.4, 0.5) is 5.69 Å². The number of carbonyl (C=O) groups is 1. The Morgan fingerprint density at radius 2 is 1.96 bits per heavy atom. The number of nitrogens with two attached hydrogens (primary N) is 1. The summed E-state index contributed by atoms with van der Waals surface area (Å²) in [7, 11) is 0. The highest BCUT2D eigenvalue weighted by molar-refractivity contribution is 5.97. The van der Waals surface area contributed by atoms with Crippen LogP contribution in [0.5, 0.6) is 0 Å². The molecule has 0 aromatic heterocycles. The Bertz CT molecular complexity index is 604. The number of benzene rings is 1. The maximum absolute atomic E-state index is 13.1. The summed E-state index contributed by atoms with van der Waals surface area (Å²) in [6.45, 7) is 6.63. The van der Waals surface area contributed by atoms with Gasteiger partial charge in [0.05, 0.1) is 0 Å². The third kappa shape index (κ3) is 4.25. The summed E-state index contributed by atoms with van der Waals surface area (Å²) in [5, 5.41) is 0. The van der Waals surface area contributed by atoms with Crippen molar-refractivity contribution in [3.05, 3.63) is 29.3 Å². The van der Waals surface area contributed by atoms with Crippen LogP contribution in [0, 0.1) is 11.8 Å². The molecule has 1 aliphatic carbocycles. The summed E-state index contributed by atoms with van der Waals surface area (Å²) in [4.78, 5) is 15.1. The molecular weight excluding hydrogens is 308 g/mol. The van der Waals surface area contributed by atoms with Gasteiger partial charge in [-0.1, -0.05) is 45.2 Å². The van der Waals surface area contributed by atoms with Crippen molar-refractivity contribution in [1.82, 2.24) is 0 Å². The molecule has 2 unspecified atom stereocenters. The first-order valence-electron chi connectivity index (χ1n) is 10.2. The first-order valence-corrected chi connectivity index (χ1v) is 10.2. The minimum Gasteiger partial charge on any atom is -0.327 e. The van der Waals surface area contributed by atoms with Crippen molar-refractivity contribution in [2.75, 3.05) is 4.90 Å². The summed E-state index contributed by atoms with van der Waals surface area (Å²) in [5.74, 6) is 1.23. The Morgan fingerprint density at radius 1 is 1.24 bits per heavy atom. The second-order valence-corrected chi connectivity index (χ2v) is 8.65. The molecule has 2 N–H and O–H groups in total. The maximum atomic E-state index is 13.1. The number of carbonyl (C=O) groups excluding carboxylic acids is 1. The van der Waals surface area contributed by atoms with Crippen molar-refractivity contribution in [3.8, 4) is 0 Å². The smallest absolute Gasteiger partial charge is 0.230 e. The van der Waals surface area contributed by atoms with E-state index in [0.717, 1.165) is 37.8 Å². The number of hydrogen-bond acceptors (Lipinski definition) is 2. The second-order valence-electron chi connectivity index (χ2n) is 8.65. The Hall–Kier alpha value is -1.35. The molecule has 2 atom stereocenters. The van der Waals surface area contributed by atoms with Crippen LogP contribution in [0.15, 0.2) is 18.2 Å². The molecule has 25 heavy (non-hydrogen) atoms. The topological polar surface area (TPSA) is 46.3 Å². The van der Waals surface area contributed by atoms with Gasteiger partial charge in [-0.3, -0.25) is 4.79 Å². The SMILES string of the molecule is CC(C)CC(N)Cc1ccc2c(c1)CC(C)N2C(=O)C1CCCCC1. The lowest BCUT2D eigenvalue weighted by molar-refractivity contribution is -0.123. The number of hydrogen-bond donors (Lipinski definition) is 1. The second kappa shape index (κ2) is 7.90. The number of nitrogens with zero attached hydrogens (tertiary/aromatic N) is 1. The van der Waals surface area contributed by atoms with Crippen LogP contribution in [-0.2, 0) is 17.6 Å². The Morgan fingerprint density at radius 3 is 2.64 bits per heavy atom. The van der Waals surface area contributed by atoms with Gasteiger partial charge < -0.3 is 10.6 Å². The third-order valence-corrected chi connectivity index (χ3v) is 5.82. The fraction of sp³-hybridized carbons (Fsp3) is 0.682. The van der Waals surface area contributed by atoms with Gasteiger partial charge >= 0.3 is 0 Å². The lowest BCUT2D eigenvalue weighted by Crippen LogP contribution is -2.40. The lowest BCUT2D eigenvalue weighted by Gasteiger charge is -2.29. The van der Waals surface area contributed by atoms with Crippen LogP contribution in [0.25, 0.3) is 0 Å². The van der Waals surface area contributed by atoms with Crippen LogP contribution in [0.1, 0.15) is 70.4 Å². The zero-order valence-corrected chi connectivity index (χ0v) is 16.1. The highest BCUT2D eigenvalue weighted by Gasteiger charge is 2.35. The number of rotatable bonds is 5. The molecule has 3 heteroatoms. The summed E-state index contributed by atoms with van der Waals surface area (Å²) in [6.07, 6.45) is 8.79. The molecule has 1 fully saturated rings. The largest absolute Gasteiger partial charge is 0.327 e. The van der Waals surface area contributed by atoms with Gasteiger partial charge in [-0.05, 0) is 62.1 Å². The minimum atomic E-state index is 0.219. The Kier molecular flexibility index (Phi) is 5.83. The standard InChI is InChI=1S/C22H34N2O/c1-15(2)11-20(23)14-17-9-10-21-19(13-17)12-16(3)24(21)22(25)18-7-5-4-6-8-18/h9-10,13,15-16,18,20H,4-8,11-12,14,23H2,1-3H3. The normalized spacial score (nSPS) is 22.3.